The molecule has 2 aromatic rings. The second kappa shape index (κ2) is 10.2. The van der Waals surface area contributed by atoms with Crippen LogP contribution in [0.15, 0.2) is 48.5 Å². The molecular weight excluding hydrogens is 344 g/mol. The van der Waals surface area contributed by atoms with Crippen LogP contribution in [0, 0.1) is 6.92 Å². The van der Waals surface area contributed by atoms with Crippen LogP contribution in [0.5, 0.6) is 11.5 Å². The van der Waals surface area contributed by atoms with Crippen LogP contribution in [-0.4, -0.2) is 31.1 Å². The van der Waals surface area contributed by atoms with E-state index in [0.717, 1.165) is 11.3 Å². The molecule has 0 aliphatic carbocycles. The lowest BCUT2D eigenvalue weighted by Crippen LogP contribution is -2.39. The van der Waals surface area contributed by atoms with Crippen LogP contribution in [0.3, 0.4) is 0 Å². The Labute approximate surface area is 159 Å². The Morgan fingerprint density at radius 2 is 1.70 bits per heavy atom. The highest BCUT2D eigenvalue weighted by Crippen LogP contribution is 2.17. The fourth-order valence-electron chi connectivity index (χ4n) is 2.32. The largest absolute Gasteiger partial charge is 0.491 e. The van der Waals surface area contributed by atoms with Gasteiger partial charge < -0.3 is 20.1 Å². The van der Waals surface area contributed by atoms with Gasteiger partial charge in [0.15, 0.2) is 6.61 Å². The van der Waals surface area contributed by atoms with Crippen LogP contribution in [0.25, 0.3) is 0 Å². The fraction of sp³-hybridized carbons (Fsp3) is 0.333. The molecule has 2 aromatic carbocycles. The lowest BCUT2D eigenvalue weighted by atomic mass is 10.2. The Balaban J connectivity index is 1.72. The van der Waals surface area contributed by atoms with E-state index in [-0.39, 0.29) is 24.5 Å². The van der Waals surface area contributed by atoms with E-state index in [1.165, 1.54) is 0 Å². The van der Waals surface area contributed by atoms with E-state index in [1.54, 1.807) is 31.2 Å². The summed E-state index contributed by atoms with van der Waals surface area (Å²) in [5, 5.41) is 5.59. The maximum Gasteiger partial charge on any atom is 0.258 e. The molecule has 144 valence electrons. The lowest BCUT2D eigenvalue weighted by Gasteiger charge is -2.16. The minimum Gasteiger partial charge on any atom is -0.491 e. The first-order valence-corrected chi connectivity index (χ1v) is 8.98. The summed E-state index contributed by atoms with van der Waals surface area (Å²) >= 11 is 0. The van der Waals surface area contributed by atoms with Crippen molar-refractivity contribution in [1.82, 2.24) is 5.32 Å². The maximum absolute atomic E-state index is 12.0. The van der Waals surface area contributed by atoms with Gasteiger partial charge in [-0.25, -0.2) is 0 Å². The van der Waals surface area contributed by atoms with E-state index in [4.69, 9.17) is 9.47 Å². The second-order valence-corrected chi connectivity index (χ2v) is 6.26. The normalized spacial score (nSPS) is 11.4. The highest BCUT2D eigenvalue weighted by atomic mass is 16.5. The van der Waals surface area contributed by atoms with Crippen molar-refractivity contribution in [3.63, 3.8) is 0 Å². The van der Waals surface area contributed by atoms with Gasteiger partial charge in [-0.2, -0.15) is 0 Å². The summed E-state index contributed by atoms with van der Waals surface area (Å²) in [6.45, 7) is 5.93. The average Bonchev–Trinajstić information content (AvgIpc) is 2.66. The molecule has 27 heavy (non-hydrogen) atoms. The molecule has 0 saturated heterocycles. The summed E-state index contributed by atoms with van der Waals surface area (Å²) in [7, 11) is 0. The van der Waals surface area contributed by atoms with Gasteiger partial charge in [0.1, 0.15) is 18.1 Å². The van der Waals surface area contributed by atoms with Crippen molar-refractivity contribution in [2.45, 2.75) is 33.2 Å². The number of ether oxygens (including phenoxy) is 2. The summed E-state index contributed by atoms with van der Waals surface area (Å²) in [4.78, 5) is 23.3. The standard InChI is InChI=1S/C21H26N2O4/c1-4-20(24)23-17-9-11-18(12-10-17)26-14-21(25)22-16(3)13-27-19-8-6-5-7-15(19)2/h5-12,16H,4,13-14H2,1-3H3,(H,22,25)(H,23,24)/t16-/m0/s1. The van der Waals surface area contributed by atoms with Gasteiger partial charge >= 0.3 is 0 Å². The molecule has 0 unspecified atom stereocenters. The van der Waals surface area contributed by atoms with Gasteiger partial charge in [0.05, 0.1) is 6.04 Å². The van der Waals surface area contributed by atoms with E-state index >= 15 is 0 Å². The molecule has 0 aliphatic rings. The van der Waals surface area contributed by atoms with Gasteiger partial charge in [-0.15, -0.1) is 0 Å². The van der Waals surface area contributed by atoms with Gasteiger partial charge in [0.25, 0.3) is 5.91 Å². The molecule has 0 heterocycles. The zero-order valence-electron chi connectivity index (χ0n) is 16.0. The molecule has 2 amide bonds. The van der Waals surface area contributed by atoms with Crippen LogP contribution in [-0.2, 0) is 9.59 Å². The van der Waals surface area contributed by atoms with Crippen molar-refractivity contribution in [3.05, 3.63) is 54.1 Å². The summed E-state index contributed by atoms with van der Waals surface area (Å²) < 4.78 is 11.2. The van der Waals surface area contributed by atoms with Crippen molar-refractivity contribution < 1.29 is 19.1 Å². The maximum atomic E-state index is 12.0. The third kappa shape index (κ3) is 7.01. The number of carbonyl (C=O) groups is 2. The Hall–Kier alpha value is -3.02. The SMILES string of the molecule is CCC(=O)Nc1ccc(OCC(=O)N[C@@H](C)COc2ccccc2C)cc1. The molecule has 1 atom stereocenters. The quantitative estimate of drug-likeness (QED) is 0.710. The van der Waals surface area contributed by atoms with Crippen molar-refractivity contribution in [2.75, 3.05) is 18.5 Å². The predicted octanol–water partition coefficient (Wildman–Crippen LogP) is 3.31. The smallest absolute Gasteiger partial charge is 0.258 e. The van der Waals surface area contributed by atoms with Gasteiger partial charge in [-0.3, -0.25) is 9.59 Å². The van der Waals surface area contributed by atoms with Crippen LogP contribution in [0.1, 0.15) is 25.8 Å². The van der Waals surface area contributed by atoms with Gasteiger partial charge in [0.2, 0.25) is 5.91 Å². The minimum absolute atomic E-state index is 0.0510. The predicted molar refractivity (Wildman–Crippen MR) is 105 cm³/mol. The third-order valence-electron chi connectivity index (χ3n) is 3.82. The molecule has 0 radical (unpaired) electrons. The molecule has 2 rings (SSSR count). The molecule has 6 nitrogen and oxygen atoms in total. The van der Waals surface area contributed by atoms with E-state index < -0.39 is 0 Å². The fourth-order valence-corrected chi connectivity index (χ4v) is 2.32. The lowest BCUT2D eigenvalue weighted by molar-refractivity contribution is -0.124. The summed E-state index contributed by atoms with van der Waals surface area (Å²) in [5.74, 6) is 1.10. The first-order valence-electron chi connectivity index (χ1n) is 8.98. The molecule has 2 N–H and O–H groups in total. The monoisotopic (exact) mass is 370 g/mol. The van der Waals surface area contributed by atoms with Gasteiger partial charge in [0, 0.05) is 12.1 Å². The Bertz CT molecular complexity index is 759. The summed E-state index contributed by atoms with van der Waals surface area (Å²) in [6.07, 6.45) is 0.421. The van der Waals surface area contributed by atoms with Crippen molar-refractivity contribution in [1.29, 1.82) is 0 Å². The Morgan fingerprint density at radius 3 is 2.37 bits per heavy atom. The number of hydrogen-bond donors (Lipinski definition) is 2. The number of nitrogens with one attached hydrogen (secondary N) is 2. The van der Waals surface area contributed by atoms with E-state index in [0.29, 0.717) is 24.5 Å². The van der Waals surface area contributed by atoms with Crippen LogP contribution < -0.4 is 20.1 Å². The van der Waals surface area contributed by atoms with Crippen LogP contribution >= 0.6 is 0 Å². The zero-order valence-corrected chi connectivity index (χ0v) is 16.0. The number of hydrogen-bond acceptors (Lipinski definition) is 4. The van der Waals surface area contributed by atoms with Gasteiger partial charge in [-0.05, 0) is 49.7 Å². The first kappa shape index (κ1) is 20.3. The third-order valence-corrected chi connectivity index (χ3v) is 3.82. The molecule has 0 spiro atoms. The molecule has 0 fully saturated rings. The molecular formula is C21H26N2O4. The molecule has 0 aliphatic heterocycles. The zero-order chi connectivity index (χ0) is 19.6. The number of amides is 2. The second-order valence-electron chi connectivity index (χ2n) is 6.26. The van der Waals surface area contributed by atoms with Crippen LogP contribution in [0.4, 0.5) is 5.69 Å². The first-order chi connectivity index (χ1) is 13.0. The van der Waals surface area contributed by atoms with E-state index in [1.807, 2.05) is 38.1 Å². The molecule has 0 bridgehead atoms. The van der Waals surface area contributed by atoms with Gasteiger partial charge in [-0.1, -0.05) is 25.1 Å². The Kier molecular flexibility index (Phi) is 7.67. The average molecular weight is 370 g/mol. The highest BCUT2D eigenvalue weighted by Gasteiger charge is 2.10. The number of para-hydroxylation sites is 1. The van der Waals surface area contributed by atoms with Crippen molar-refractivity contribution in [3.8, 4) is 11.5 Å². The number of rotatable bonds is 9. The van der Waals surface area contributed by atoms with Crippen molar-refractivity contribution >= 4 is 17.5 Å². The number of aryl methyl sites for hydroxylation is 1. The summed E-state index contributed by atoms with van der Waals surface area (Å²) in [6, 6.07) is 14.5. The number of anilines is 1. The number of benzene rings is 2. The van der Waals surface area contributed by atoms with Crippen LogP contribution in [0.2, 0.25) is 0 Å². The van der Waals surface area contributed by atoms with E-state index in [9.17, 15) is 9.59 Å². The minimum atomic E-state index is -0.223. The molecule has 0 aromatic heterocycles. The summed E-state index contributed by atoms with van der Waals surface area (Å²) in [5.41, 5.74) is 1.75. The number of carbonyl (C=O) groups excluding carboxylic acids is 2. The highest BCUT2D eigenvalue weighted by molar-refractivity contribution is 5.90. The van der Waals surface area contributed by atoms with Crippen molar-refractivity contribution in [2.24, 2.45) is 0 Å². The topological polar surface area (TPSA) is 76.7 Å². The molecule has 0 saturated carbocycles. The van der Waals surface area contributed by atoms with E-state index in [2.05, 4.69) is 10.6 Å². The Morgan fingerprint density at radius 1 is 1.00 bits per heavy atom. The molecule has 6 heteroatoms.